The van der Waals surface area contributed by atoms with Gasteiger partial charge < -0.3 is 10.5 Å². The maximum atomic E-state index is 14.8. The third kappa shape index (κ3) is 2.05. The predicted octanol–water partition coefficient (Wildman–Crippen LogP) is 2.88. The summed E-state index contributed by atoms with van der Waals surface area (Å²) in [7, 11) is 0. The summed E-state index contributed by atoms with van der Waals surface area (Å²) in [4.78, 5) is 0. The molecule has 0 amide bonds. The maximum absolute atomic E-state index is 14.8. The van der Waals surface area contributed by atoms with Crippen molar-refractivity contribution in [2.45, 2.75) is 25.4 Å². The van der Waals surface area contributed by atoms with Crippen LogP contribution in [0.15, 0.2) is 24.3 Å². The molecule has 0 aromatic heterocycles. The molecule has 2 atom stereocenters. The van der Waals surface area contributed by atoms with Crippen molar-refractivity contribution in [2.24, 2.45) is 5.92 Å². The first kappa shape index (κ1) is 11.4. The minimum Gasteiger partial charge on any atom is -0.398 e. The van der Waals surface area contributed by atoms with E-state index in [1.165, 1.54) is 0 Å². The van der Waals surface area contributed by atoms with Crippen LogP contribution in [0.5, 0.6) is 0 Å². The molecule has 0 saturated carbocycles. The quantitative estimate of drug-likeness (QED) is 0.782. The van der Waals surface area contributed by atoms with Gasteiger partial charge in [-0.15, -0.1) is 0 Å². The van der Waals surface area contributed by atoms with E-state index in [4.69, 9.17) is 10.5 Å². The standard InChI is InChI=1S/C13H18FNO/c1-13(14,10-5-4-8-16-9-10)11-6-2-3-7-12(11)15/h2-3,6-7,10H,4-5,8-9,15H2,1H3. The first-order valence-corrected chi connectivity index (χ1v) is 5.74. The van der Waals surface area contributed by atoms with Gasteiger partial charge in [-0.25, -0.2) is 4.39 Å². The van der Waals surface area contributed by atoms with Crippen LogP contribution >= 0.6 is 0 Å². The smallest absolute Gasteiger partial charge is 0.140 e. The number of nitrogens with two attached hydrogens (primary N) is 1. The van der Waals surface area contributed by atoms with Crippen LogP contribution in [0, 0.1) is 5.92 Å². The molecule has 1 saturated heterocycles. The Hall–Kier alpha value is -1.09. The Balaban J connectivity index is 2.26. The Bertz CT molecular complexity index is 359. The summed E-state index contributed by atoms with van der Waals surface area (Å²) in [5.74, 6) is -0.0917. The minimum absolute atomic E-state index is 0.0917. The molecular formula is C13H18FNO. The van der Waals surface area contributed by atoms with E-state index < -0.39 is 5.67 Å². The molecule has 0 spiro atoms. The fraction of sp³-hybridized carbons (Fsp3) is 0.538. The molecule has 1 heterocycles. The number of ether oxygens (including phenoxy) is 1. The fourth-order valence-corrected chi connectivity index (χ4v) is 2.33. The van der Waals surface area contributed by atoms with Gasteiger partial charge in [-0.1, -0.05) is 18.2 Å². The van der Waals surface area contributed by atoms with Gasteiger partial charge in [-0.3, -0.25) is 0 Å². The minimum atomic E-state index is -1.40. The third-order valence-electron chi connectivity index (χ3n) is 3.41. The summed E-state index contributed by atoms with van der Waals surface area (Å²) in [6.07, 6.45) is 1.79. The molecular weight excluding hydrogens is 205 g/mol. The summed E-state index contributed by atoms with van der Waals surface area (Å²) in [5, 5.41) is 0. The van der Waals surface area contributed by atoms with Gasteiger partial charge in [0.15, 0.2) is 0 Å². The van der Waals surface area contributed by atoms with Crippen molar-refractivity contribution in [3.8, 4) is 0 Å². The van der Waals surface area contributed by atoms with Gasteiger partial charge in [0.25, 0.3) is 0 Å². The second-order valence-corrected chi connectivity index (χ2v) is 4.58. The molecule has 2 nitrogen and oxygen atoms in total. The van der Waals surface area contributed by atoms with Crippen molar-refractivity contribution in [2.75, 3.05) is 18.9 Å². The molecule has 1 aromatic rings. The number of nitrogen functional groups attached to an aromatic ring is 1. The van der Waals surface area contributed by atoms with Gasteiger partial charge in [0.2, 0.25) is 0 Å². The Morgan fingerprint density at radius 1 is 1.44 bits per heavy atom. The number of benzene rings is 1. The molecule has 1 fully saturated rings. The Labute approximate surface area is 95.6 Å². The number of alkyl halides is 1. The van der Waals surface area contributed by atoms with Crippen LogP contribution in [0.4, 0.5) is 10.1 Å². The fourth-order valence-electron chi connectivity index (χ4n) is 2.33. The van der Waals surface area contributed by atoms with Crippen molar-refractivity contribution >= 4 is 5.69 Å². The van der Waals surface area contributed by atoms with E-state index >= 15 is 0 Å². The maximum Gasteiger partial charge on any atom is 0.140 e. The van der Waals surface area contributed by atoms with Crippen LogP contribution in [0.25, 0.3) is 0 Å². The van der Waals surface area contributed by atoms with Gasteiger partial charge >= 0.3 is 0 Å². The molecule has 2 unspecified atom stereocenters. The average Bonchev–Trinajstić information content (AvgIpc) is 2.30. The Morgan fingerprint density at radius 3 is 2.81 bits per heavy atom. The first-order valence-electron chi connectivity index (χ1n) is 5.74. The molecule has 2 rings (SSSR count). The monoisotopic (exact) mass is 223 g/mol. The topological polar surface area (TPSA) is 35.2 Å². The molecule has 3 heteroatoms. The van der Waals surface area contributed by atoms with Gasteiger partial charge in [-0.05, 0) is 25.8 Å². The zero-order chi connectivity index (χ0) is 11.6. The number of halogens is 1. The largest absolute Gasteiger partial charge is 0.398 e. The number of anilines is 1. The van der Waals surface area contributed by atoms with E-state index in [9.17, 15) is 4.39 Å². The molecule has 0 bridgehead atoms. The normalized spacial score (nSPS) is 25.0. The summed E-state index contributed by atoms with van der Waals surface area (Å²) in [5.41, 5.74) is 5.55. The van der Waals surface area contributed by atoms with E-state index in [2.05, 4.69) is 0 Å². The van der Waals surface area contributed by atoms with Crippen molar-refractivity contribution in [1.82, 2.24) is 0 Å². The van der Waals surface area contributed by atoms with E-state index in [0.717, 1.165) is 19.4 Å². The molecule has 1 aromatic carbocycles. The van der Waals surface area contributed by atoms with Crippen LogP contribution in [0.2, 0.25) is 0 Å². The lowest BCUT2D eigenvalue weighted by Crippen LogP contribution is -2.34. The zero-order valence-corrected chi connectivity index (χ0v) is 9.58. The van der Waals surface area contributed by atoms with Crippen LogP contribution in [0.1, 0.15) is 25.3 Å². The molecule has 1 aliphatic rings. The van der Waals surface area contributed by atoms with E-state index in [1.807, 2.05) is 12.1 Å². The lowest BCUT2D eigenvalue weighted by molar-refractivity contribution is -0.0228. The van der Waals surface area contributed by atoms with Gasteiger partial charge in [0.1, 0.15) is 5.67 Å². The lowest BCUT2D eigenvalue weighted by atomic mass is 9.81. The van der Waals surface area contributed by atoms with Gasteiger partial charge in [0, 0.05) is 23.8 Å². The zero-order valence-electron chi connectivity index (χ0n) is 9.58. The van der Waals surface area contributed by atoms with E-state index in [-0.39, 0.29) is 5.92 Å². The number of rotatable bonds is 2. The number of hydrogen-bond donors (Lipinski definition) is 1. The average molecular weight is 223 g/mol. The highest BCUT2D eigenvalue weighted by molar-refractivity contribution is 5.49. The highest BCUT2D eigenvalue weighted by Crippen LogP contribution is 2.40. The second-order valence-electron chi connectivity index (χ2n) is 4.58. The van der Waals surface area contributed by atoms with Gasteiger partial charge in [-0.2, -0.15) is 0 Å². The molecule has 1 aliphatic heterocycles. The number of para-hydroxylation sites is 1. The van der Waals surface area contributed by atoms with E-state index in [0.29, 0.717) is 17.9 Å². The van der Waals surface area contributed by atoms with Gasteiger partial charge in [0.05, 0.1) is 6.61 Å². The molecule has 0 radical (unpaired) electrons. The second kappa shape index (κ2) is 4.42. The molecule has 16 heavy (non-hydrogen) atoms. The van der Waals surface area contributed by atoms with Crippen molar-refractivity contribution in [3.05, 3.63) is 29.8 Å². The van der Waals surface area contributed by atoms with Crippen LogP contribution < -0.4 is 5.73 Å². The van der Waals surface area contributed by atoms with Crippen LogP contribution in [-0.2, 0) is 10.4 Å². The Kier molecular flexibility index (Phi) is 3.15. The summed E-state index contributed by atoms with van der Waals surface area (Å²) < 4.78 is 20.2. The summed E-state index contributed by atoms with van der Waals surface area (Å²) in [6, 6.07) is 7.17. The van der Waals surface area contributed by atoms with Crippen LogP contribution in [0.3, 0.4) is 0 Å². The summed E-state index contributed by atoms with van der Waals surface area (Å²) in [6.45, 7) is 2.84. The third-order valence-corrected chi connectivity index (χ3v) is 3.41. The lowest BCUT2D eigenvalue weighted by Gasteiger charge is -2.34. The SMILES string of the molecule is CC(F)(c1ccccc1N)C1CCCOC1. The Morgan fingerprint density at radius 2 is 2.19 bits per heavy atom. The van der Waals surface area contributed by atoms with E-state index in [1.54, 1.807) is 19.1 Å². The van der Waals surface area contributed by atoms with Crippen molar-refractivity contribution in [1.29, 1.82) is 0 Å². The highest BCUT2D eigenvalue weighted by Gasteiger charge is 2.38. The first-order chi connectivity index (χ1) is 7.62. The molecule has 88 valence electrons. The predicted molar refractivity (Wildman–Crippen MR) is 62.9 cm³/mol. The highest BCUT2D eigenvalue weighted by atomic mass is 19.1. The molecule has 2 N–H and O–H groups in total. The van der Waals surface area contributed by atoms with Crippen LogP contribution in [-0.4, -0.2) is 13.2 Å². The molecule has 0 aliphatic carbocycles. The number of hydrogen-bond acceptors (Lipinski definition) is 2. The van der Waals surface area contributed by atoms with Crippen molar-refractivity contribution in [3.63, 3.8) is 0 Å². The summed E-state index contributed by atoms with van der Waals surface area (Å²) >= 11 is 0. The van der Waals surface area contributed by atoms with Crippen molar-refractivity contribution < 1.29 is 9.13 Å².